The predicted octanol–water partition coefficient (Wildman–Crippen LogP) is 2.93. The van der Waals surface area contributed by atoms with Crippen LogP contribution in [0.5, 0.6) is 0 Å². The maximum Gasteiger partial charge on any atom is 0.0340 e. The van der Waals surface area contributed by atoms with Crippen molar-refractivity contribution in [1.82, 2.24) is 4.90 Å². The van der Waals surface area contributed by atoms with E-state index in [-0.39, 0.29) is 0 Å². The molecule has 0 bridgehead atoms. The van der Waals surface area contributed by atoms with E-state index < -0.39 is 0 Å². The van der Waals surface area contributed by atoms with E-state index in [1.807, 2.05) is 0 Å². The van der Waals surface area contributed by atoms with Gasteiger partial charge in [0.05, 0.1) is 0 Å². The lowest BCUT2D eigenvalue weighted by molar-refractivity contribution is 0.270. The first-order valence-electron chi connectivity index (χ1n) is 6.31. The first-order chi connectivity index (χ1) is 8.16. The Morgan fingerprint density at radius 1 is 1.29 bits per heavy atom. The summed E-state index contributed by atoms with van der Waals surface area (Å²) in [6.45, 7) is 9.28. The van der Waals surface area contributed by atoms with Crippen molar-refractivity contribution >= 4 is 17.4 Å². The topological polar surface area (TPSA) is 15.3 Å². The van der Waals surface area contributed by atoms with E-state index in [0.29, 0.717) is 4.75 Å². The number of anilines is 1. The predicted molar refractivity (Wildman–Crippen MR) is 77.9 cm³/mol. The Bertz CT molecular complexity index is 337. The number of nitrogens with zero attached hydrogens (tertiary/aromatic N) is 1. The molecule has 0 saturated carbocycles. The van der Waals surface area contributed by atoms with Crippen molar-refractivity contribution in [2.45, 2.75) is 18.6 Å². The number of benzene rings is 1. The third-order valence-corrected chi connectivity index (χ3v) is 4.33. The van der Waals surface area contributed by atoms with E-state index in [2.05, 4.69) is 66.2 Å². The molecule has 1 heterocycles. The summed E-state index contributed by atoms with van der Waals surface area (Å²) in [4.78, 5) is 2.56. The second-order valence-corrected chi connectivity index (χ2v) is 6.98. The van der Waals surface area contributed by atoms with E-state index in [9.17, 15) is 0 Å². The maximum absolute atomic E-state index is 3.47. The van der Waals surface area contributed by atoms with Gasteiger partial charge in [-0.05, 0) is 26.0 Å². The molecule has 94 valence electrons. The summed E-state index contributed by atoms with van der Waals surface area (Å²) in [6, 6.07) is 10.4. The SMILES string of the molecule is CC1(C)CN(CCNc2ccccc2)CCS1. The number of thioether (sulfide) groups is 1. The Hall–Kier alpha value is -0.670. The maximum atomic E-state index is 3.47. The standard InChI is InChI=1S/C14H22N2S/c1-14(2)12-16(10-11-17-14)9-8-15-13-6-4-3-5-7-13/h3-7,15H,8-12H2,1-2H3. The van der Waals surface area contributed by atoms with Crippen LogP contribution in [0, 0.1) is 0 Å². The fourth-order valence-corrected chi connectivity index (χ4v) is 3.40. The molecular formula is C14H22N2S. The Balaban J connectivity index is 1.72. The molecule has 1 aliphatic rings. The molecule has 0 aliphatic carbocycles. The van der Waals surface area contributed by atoms with Crippen LogP contribution in [0.4, 0.5) is 5.69 Å². The molecule has 2 nitrogen and oxygen atoms in total. The minimum absolute atomic E-state index is 0.422. The summed E-state index contributed by atoms with van der Waals surface area (Å²) >= 11 is 2.09. The lowest BCUT2D eigenvalue weighted by Gasteiger charge is -2.37. The largest absolute Gasteiger partial charge is 0.384 e. The second-order valence-electron chi connectivity index (χ2n) is 5.18. The minimum Gasteiger partial charge on any atom is -0.384 e. The first-order valence-corrected chi connectivity index (χ1v) is 7.29. The molecule has 17 heavy (non-hydrogen) atoms. The van der Waals surface area contributed by atoms with Gasteiger partial charge in [-0.2, -0.15) is 11.8 Å². The fourth-order valence-electron chi connectivity index (χ4n) is 2.22. The van der Waals surface area contributed by atoms with Gasteiger partial charge in [0.25, 0.3) is 0 Å². The van der Waals surface area contributed by atoms with Gasteiger partial charge < -0.3 is 5.32 Å². The van der Waals surface area contributed by atoms with Crippen molar-refractivity contribution in [2.24, 2.45) is 0 Å². The highest BCUT2D eigenvalue weighted by atomic mass is 32.2. The Morgan fingerprint density at radius 2 is 2.06 bits per heavy atom. The van der Waals surface area contributed by atoms with Gasteiger partial charge >= 0.3 is 0 Å². The monoisotopic (exact) mass is 250 g/mol. The first kappa shape index (κ1) is 12.8. The molecule has 3 heteroatoms. The zero-order chi connectivity index (χ0) is 12.1. The van der Waals surface area contributed by atoms with Crippen LogP contribution in [0.3, 0.4) is 0 Å². The van der Waals surface area contributed by atoms with Crippen molar-refractivity contribution in [3.8, 4) is 0 Å². The molecule has 0 atom stereocenters. The molecule has 1 aromatic rings. The van der Waals surface area contributed by atoms with Crippen molar-refractivity contribution in [3.05, 3.63) is 30.3 Å². The molecular weight excluding hydrogens is 228 g/mol. The molecule has 2 rings (SSSR count). The highest BCUT2D eigenvalue weighted by Gasteiger charge is 2.26. The summed E-state index contributed by atoms with van der Waals surface area (Å²) < 4.78 is 0.422. The molecule has 1 aliphatic heterocycles. The highest BCUT2D eigenvalue weighted by Crippen LogP contribution is 2.29. The fraction of sp³-hybridized carbons (Fsp3) is 0.571. The van der Waals surface area contributed by atoms with Gasteiger partial charge in [0, 0.05) is 42.4 Å². The molecule has 1 saturated heterocycles. The molecule has 1 aromatic carbocycles. The van der Waals surface area contributed by atoms with Crippen molar-refractivity contribution in [1.29, 1.82) is 0 Å². The third kappa shape index (κ3) is 4.25. The smallest absolute Gasteiger partial charge is 0.0340 e. The highest BCUT2D eigenvalue weighted by molar-refractivity contribution is 8.00. The van der Waals surface area contributed by atoms with Crippen LogP contribution in [0.1, 0.15) is 13.8 Å². The Morgan fingerprint density at radius 3 is 2.76 bits per heavy atom. The quantitative estimate of drug-likeness (QED) is 0.884. The number of nitrogens with one attached hydrogen (secondary N) is 1. The second kappa shape index (κ2) is 5.78. The van der Waals surface area contributed by atoms with Gasteiger partial charge in [0.2, 0.25) is 0 Å². The zero-order valence-corrected chi connectivity index (χ0v) is 11.6. The normalized spacial score (nSPS) is 20.1. The number of rotatable bonds is 4. The molecule has 0 amide bonds. The van der Waals surface area contributed by atoms with Gasteiger partial charge in [0.15, 0.2) is 0 Å². The molecule has 1 N–H and O–H groups in total. The van der Waals surface area contributed by atoms with Crippen molar-refractivity contribution < 1.29 is 0 Å². The zero-order valence-electron chi connectivity index (χ0n) is 10.8. The van der Waals surface area contributed by atoms with Crippen LogP contribution in [0.25, 0.3) is 0 Å². The van der Waals surface area contributed by atoms with Gasteiger partial charge in [-0.15, -0.1) is 0 Å². The molecule has 0 unspecified atom stereocenters. The van der Waals surface area contributed by atoms with E-state index in [0.717, 1.165) is 13.1 Å². The van der Waals surface area contributed by atoms with Crippen LogP contribution in [-0.2, 0) is 0 Å². The summed E-state index contributed by atoms with van der Waals surface area (Å²) in [6.07, 6.45) is 0. The lowest BCUT2D eigenvalue weighted by Crippen LogP contribution is -2.44. The number of para-hydroxylation sites is 1. The molecule has 0 spiro atoms. The van der Waals surface area contributed by atoms with Gasteiger partial charge in [-0.25, -0.2) is 0 Å². The number of hydrogen-bond donors (Lipinski definition) is 1. The van der Waals surface area contributed by atoms with Crippen LogP contribution in [-0.4, -0.2) is 41.6 Å². The van der Waals surface area contributed by atoms with E-state index in [4.69, 9.17) is 0 Å². The molecule has 1 fully saturated rings. The third-order valence-electron chi connectivity index (χ3n) is 3.04. The Labute approximate surface area is 109 Å². The average Bonchev–Trinajstić information content (AvgIpc) is 2.29. The van der Waals surface area contributed by atoms with Gasteiger partial charge in [0.1, 0.15) is 0 Å². The van der Waals surface area contributed by atoms with Gasteiger partial charge in [-0.3, -0.25) is 4.90 Å². The average molecular weight is 250 g/mol. The van der Waals surface area contributed by atoms with Crippen LogP contribution >= 0.6 is 11.8 Å². The number of hydrogen-bond acceptors (Lipinski definition) is 3. The molecule has 0 aromatic heterocycles. The summed E-state index contributed by atoms with van der Waals surface area (Å²) in [5, 5.41) is 3.47. The van der Waals surface area contributed by atoms with Crippen molar-refractivity contribution in [3.63, 3.8) is 0 Å². The van der Waals surface area contributed by atoms with Crippen LogP contribution < -0.4 is 5.32 Å². The minimum atomic E-state index is 0.422. The van der Waals surface area contributed by atoms with Crippen LogP contribution in [0.15, 0.2) is 30.3 Å². The lowest BCUT2D eigenvalue weighted by atomic mass is 10.2. The van der Waals surface area contributed by atoms with E-state index in [1.165, 1.54) is 24.5 Å². The summed E-state index contributed by atoms with van der Waals surface area (Å²) in [7, 11) is 0. The van der Waals surface area contributed by atoms with E-state index >= 15 is 0 Å². The van der Waals surface area contributed by atoms with E-state index in [1.54, 1.807) is 0 Å². The summed E-state index contributed by atoms with van der Waals surface area (Å²) in [5.41, 5.74) is 1.22. The van der Waals surface area contributed by atoms with Crippen LogP contribution in [0.2, 0.25) is 0 Å². The summed E-state index contributed by atoms with van der Waals surface area (Å²) in [5.74, 6) is 1.26. The van der Waals surface area contributed by atoms with Crippen molar-refractivity contribution in [2.75, 3.05) is 37.2 Å². The molecule has 0 radical (unpaired) electrons. The van der Waals surface area contributed by atoms with Gasteiger partial charge in [-0.1, -0.05) is 18.2 Å². The Kier molecular flexibility index (Phi) is 4.35.